The topological polar surface area (TPSA) is 81.1 Å². The van der Waals surface area contributed by atoms with Crippen LogP contribution in [-0.4, -0.2) is 20.7 Å². The highest BCUT2D eigenvalue weighted by molar-refractivity contribution is 5.66. The van der Waals surface area contributed by atoms with Crippen molar-refractivity contribution in [1.29, 1.82) is 0 Å². The van der Waals surface area contributed by atoms with E-state index in [-0.39, 0.29) is 6.42 Å². The summed E-state index contributed by atoms with van der Waals surface area (Å²) in [5.74, 6) is 5.14. The van der Waals surface area contributed by atoms with Gasteiger partial charge in [-0.3, -0.25) is 9.47 Å². The molecule has 1 heterocycles. The Morgan fingerprint density at radius 1 is 1.82 bits per heavy atom. The lowest BCUT2D eigenvalue weighted by Gasteiger charge is -1.97. The first-order valence-corrected chi connectivity index (χ1v) is 3.19. The van der Waals surface area contributed by atoms with E-state index in [1.807, 2.05) is 0 Å². The monoisotopic (exact) mass is 155 g/mol. The van der Waals surface area contributed by atoms with Gasteiger partial charge in [0, 0.05) is 18.8 Å². The van der Waals surface area contributed by atoms with Gasteiger partial charge in [0.1, 0.15) is 5.82 Å². The Balaban J connectivity index is 2.51. The molecule has 0 spiro atoms. The molecule has 11 heavy (non-hydrogen) atoms. The molecule has 0 aliphatic rings. The Morgan fingerprint density at radius 2 is 2.55 bits per heavy atom. The van der Waals surface area contributed by atoms with Crippen LogP contribution in [0.5, 0.6) is 0 Å². The Hall–Kier alpha value is -1.52. The summed E-state index contributed by atoms with van der Waals surface area (Å²) < 4.78 is 1.32. The Bertz CT molecular complexity index is 256. The molecule has 0 unspecified atom stereocenters. The van der Waals surface area contributed by atoms with E-state index >= 15 is 0 Å². The number of rotatable bonds is 3. The number of aryl methyl sites for hydroxylation is 1. The van der Waals surface area contributed by atoms with Gasteiger partial charge in [0.2, 0.25) is 0 Å². The fourth-order valence-corrected chi connectivity index (χ4v) is 0.756. The van der Waals surface area contributed by atoms with Crippen molar-refractivity contribution in [2.24, 2.45) is 0 Å². The molecule has 5 nitrogen and oxygen atoms in total. The largest absolute Gasteiger partial charge is 0.481 e. The number of carboxylic acids is 1. The van der Waals surface area contributed by atoms with Gasteiger partial charge in [-0.2, -0.15) is 0 Å². The Morgan fingerprint density at radius 3 is 3.00 bits per heavy atom. The molecule has 0 amide bonds. The molecule has 0 saturated heterocycles. The summed E-state index contributed by atoms with van der Waals surface area (Å²) in [7, 11) is 0. The van der Waals surface area contributed by atoms with E-state index in [2.05, 4.69) is 4.98 Å². The van der Waals surface area contributed by atoms with Crippen molar-refractivity contribution in [2.75, 3.05) is 5.84 Å². The first-order chi connectivity index (χ1) is 5.20. The minimum absolute atomic E-state index is 0.0637. The predicted octanol–water partition coefficient (Wildman–Crippen LogP) is -0.386. The number of aliphatic carboxylic acids is 1. The lowest BCUT2D eigenvalue weighted by molar-refractivity contribution is -0.137. The van der Waals surface area contributed by atoms with Gasteiger partial charge in [0.05, 0.1) is 6.42 Å². The van der Waals surface area contributed by atoms with Crippen LogP contribution in [0.3, 0.4) is 0 Å². The maximum Gasteiger partial charge on any atom is 0.303 e. The number of nitrogens with zero attached hydrogens (tertiary/aromatic N) is 2. The molecule has 1 aromatic rings. The molecule has 0 atom stereocenters. The summed E-state index contributed by atoms with van der Waals surface area (Å²) >= 11 is 0. The van der Waals surface area contributed by atoms with Crippen molar-refractivity contribution in [2.45, 2.75) is 12.8 Å². The molecule has 0 fully saturated rings. The Kier molecular flexibility index (Phi) is 2.10. The zero-order valence-corrected chi connectivity index (χ0v) is 5.90. The summed E-state index contributed by atoms with van der Waals surface area (Å²) in [6.45, 7) is 0. The summed E-state index contributed by atoms with van der Waals surface area (Å²) in [6.07, 6.45) is 3.56. The zero-order valence-electron chi connectivity index (χ0n) is 5.90. The molecular formula is C6H9N3O2. The number of imidazole rings is 1. The van der Waals surface area contributed by atoms with Crippen LogP contribution in [0.25, 0.3) is 0 Å². The van der Waals surface area contributed by atoms with Gasteiger partial charge in [-0.1, -0.05) is 0 Å². The number of carbonyl (C=O) groups is 1. The second-order valence-corrected chi connectivity index (χ2v) is 2.14. The second kappa shape index (κ2) is 3.05. The molecular weight excluding hydrogens is 146 g/mol. The molecule has 60 valence electrons. The molecule has 5 heteroatoms. The molecule has 0 bridgehead atoms. The third-order valence-corrected chi connectivity index (χ3v) is 1.31. The van der Waals surface area contributed by atoms with Gasteiger partial charge in [-0.15, -0.1) is 0 Å². The van der Waals surface area contributed by atoms with Gasteiger partial charge in [-0.25, -0.2) is 4.98 Å². The van der Waals surface area contributed by atoms with Crippen molar-refractivity contribution >= 4 is 5.97 Å². The maximum absolute atomic E-state index is 10.1. The van der Waals surface area contributed by atoms with E-state index in [9.17, 15) is 4.79 Å². The van der Waals surface area contributed by atoms with Crippen LogP contribution in [-0.2, 0) is 11.2 Å². The molecule has 0 radical (unpaired) electrons. The standard InChI is InChI=1S/C6H9N3O2/c7-9-4-3-8-5(9)1-2-6(10)11/h3-4H,1-2,7H2,(H,10,11). The van der Waals surface area contributed by atoms with Gasteiger partial charge in [0.25, 0.3) is 0 Å². The minimum atomic E-state index is -0.840. The van der Waals surface area contributed by atoms with E-state index in [1.165, 1.54) is 10.9 Å². The van der Waals surface area contributed by atoms with Crippen molar-refractivity contribution in [1.82, 2.24) is 9.66 Å². The quantitative estimate of drug-likeness (QED) is 0.582. The molecule has 0 saturated carbocycles. The van der Waals surface area contributed by atoms with E-state index in [1.54, 1.807) is 6.20 Å². The number of nitrogen functional groups attached to an aromatic ring is 1. The fraction of sp³-hybridized carbons (Fsp3) is 0.333. The van der Waals surface area contributed by atoms with Crippen molar-refractivity contribution < 1.29 is 9.90 Å². The van der Waals surface area contributed by atoms with Gasteiger partial charge >= 0.3 is 5.97 Å². The normalized spacial score (nSPS) is 9.82. The van der Waals surface area contributed by atoms with Crippen LogP contribution in [0.4, 0.5) is 0 Å². The first kappa shape index (κ1) is 7.59. The summed E-state index contributed by atoms with van der Waals surface area (Å²) in [6, 6.07) is 0. The molecule has 0 aromatic carbocycles. The van der Waals surface area contributed by atoms with Gasteiger partial charge in [-0.05, 0) is 0 Å². The lowest BCUT2D eigenvalue weighted by atomic mass is 10.3. The highest BCUT2D eigenvalue weighted by Crippen LogP contribution is 1.96. The van der Waals surface area contributed by atoms with Crippen LogP contribution in [0.2, 0.25) is 0 Å². The SMILES string of the molecule is Nn1ccnc1CCC(=O)O. The molecule has 0 aliphatic heterocycles. The third-order valence-electron chi connectivity index (χ3n) is 1.31. The van der Waals surface area contributed by atoms with Crippen LogP contribution in [0, 0.1) is 0 Å². The minimum Gasteiger partial charge on any atom is -0.481 e. The van der Waals surface area contributed by atoms with Gasteiger partial charge < -0.3 is 10.9 Å². The van der Waals surface area contributed by atoms with Crippen molar-refractivity contribution in [3.63, 3.8) is 0 Å². The summed E-state index contributed by atoms with van der Waals surface area (Å²) in [5.41, 5.74) is 0. The van der Waals surface area contributed by atoms with Crippen molar-refractivity contribution in [3.8, 4) is 0 Å². The molecule has 1 aromatic heterocycles. The predicted molar refractivity (Wildman–Crippen MR) is 38.3 cm³/mol. The first-order valence-electron chi connectivity index (χ1n) is 3.19. The zero-order chi connectivity index (χ0) is 8.27. The second-order valence-electron chi connectivity index (χ2n) is 2.14. The lowest BCUT2D eigenvalue weighted by Crippen LogP contribution is -2.12. The average Bonchev–Trinajstić information content (AvgIpc) is 2.31. The Labute approximate surface area is 63.4 Å². The van der Waals surface area contributed by atoms with Crippen LogP contribution in [0.1, 0.15) is 12.2 Å². The fourth-order valence-electron chi connectivity index (χ4n) is 0.756. The number of hydrogen-bond donors (Lipinski definition) is 2. The summed E-state index contributed by atoms with van der Waals surface area (Å²) in [5, 5.41) is 8.33. The van der Waals surface area contributed by atoms with Crippen LogP contribution >= 0.6 is 0 Å². The van der Waals surface area contributed by atoms with E-state index in [4.69, 9.17) is 10.9 Å². The molecule has 1 rings (SSSR count). The highest BCUT2D eigenvalue weighted by atomic mass is 16.4. The smallest absolute Gasteiger partial charge is 0.303 e. The summed E-state index contributed by atoms with van der Waals surface area (Å²) in [4.78, 5) is 14.0. The number of carboxylic acid groups (broad SMARTS) is 1. The average molecular weight is 155 g/mol. The van der Waals surface area contributed by atoms with Crippen LogP contribution < -0.4 is 5.84 Å². The number of aromatic nitrogens is 2. The third kappa shape index (κ3) is 1.96. The number of nitrogens with two attached hydrogens (primary N) is 1. The van der Waals surface area contributed by atoms with Gasteiger partial charge in [0.15, 0.2) is 0 Å². The molecule has 0 aliphatic carbocycles. The molecule has 3 N–H and O–H groups in total. The van der Waals surface area contributed by atoms with E-state index in [0.29, 0.717) is 12.2 Å². The highest BCUT2D eigenvalue weighted by Gasteiger charge is 2.02. The number of hydrogen-bond acceptors (Lipinski definition) is 3. The van der Waals surface area contributed by atoms with E-state index in [0.717, 1.165) is 0 Å². The van der Waals surface area contributed by atoms with Crippen LogP contribution in [0.15, 0.2) is 12.4 Å². The van der Waals surface area contributed by atoms with E-state index < -0.39 is 5.97 Å². The maximum atomic E-state index is 10.1. The van der Waals surface area contributed by atoms with Crippen molar-refractivity contribution in [3.05, 3.63) is 18.2 Å².